The van der Waals surface area contributed by atoms with Crippen LogP contribution < -0.4 is 19.9 Å². The lowest BCUT2D eigenvalue weighted by Crippen LogP contribution is -2.41. The molecule has 5 heteroatoms. The van der Waals surface area contributed by atoms with Crippen LogP contribution in [0, 0.1) is 0 Å². The van der Waals surface area contributed by atoms with Crippen LogP contribution in [0.15, 0.2) is 18.2 Å². The number of benzene rings is 1. The minimum atomic E-state index is -0.398. The summed E-state index contributed by atoms with van der Waals surface area (Å²) in [5.74, 6) is 2.00. The van der Waals surface area contributed by atoms with Crippen molar-refractivity contribution in [2.75, 3.05) is 13.4 Å². The Hall–Kier alpha value is -1.46. The fraction of sp³-hybridized carbons (Fsp3) is 0.538. The van der Waals surface area contributed by atoms with Gasteiger partial charge in [0.05, 0.1) is 6.61 Å². The summed E-state index contributed by atoms with van der Waals surface area (Å²) < 4.78 is 16.2. The molecule has 0 radical (unpaired) electrons. The van der Waals surface area contributed by atoms with Crippen molar-refractivity contribution in [3.63, 3.8) is 0 Å². The zero-order valence-corrected chi connectivity index (χ0v) is 10.5. The average molecular weight is 253 g/mol. The molecule has 0 aromatic heterocycles. The van der Waals surface area contributed by atoms with E-state index in [-0.39, 0.29) is 19.4 Å². The van der Waals surface area contributed by atoms with Gasteiger partial charge in [-0.2, -0.15) is 0 Å². The van der Waals surface area contributed by atoms with Gasteiger partial charge in [-0.3, -0.25) is 0 Å². The number of nitrogens with two attached hydrogens (primary N) is 1. The van der Waals surface area contributed by atoms with E-state index in [1.54, 1.807) is 18.2 Å². The molecule has 1 aliphatic rings. The molecule has 0 amide bonds. The van der Waals surface area contributed by atoms with Crippen LogP contribution in [-0.2, 0) is 0 Å². The van der Waals surface area contributed by atoms with Gasteiger partial charge in [0.25, 0.3) is 0 Å². The Morgan fingerprint density at radius 2 is 2.17 bits per heavy atom. The van der Waals surface area contributed by atoms with E-state index < -0.39 is 6.10 Å². The lowest BCUT2D eigenvalue weighted by Gasteiger charge is -2.23. The molecule has 0 spiro atoms. The first-order valence-electron chi connectivity index (χ1n) is 6.17. The molecule has 100 valence electrons. The summed E-state index contributed by atoms with van der Waals surface area (Å²) in [5, 5.41) is 9.32. The Kier molecular flexibility index (Phi) is 4.28. The molecule has 1 heterocycles. The number of fused-ring (bicyclic) bond motifs is 1. The highest BCUT2D eigenvalue weighted by atomic mass is 16.7. The molecule has 0 saturated heterocycles. The zero-order chi connectivity index (χ0) is 13.0. The molecule has 3 N–H and O–H groups in total. The molecule has 0 bridgehead atoms. The number of aliphatic hydroxyl groups is 1. The summed E-state index contributed by atoms with van der Waals surface area (Å²) in [5.41, 5.74) is 5.96. The van der Waals surface area contributed by atoms with E-state index in [0.717, 1.165) is 12.8 Å². The van der Waals surface area contributed by atoms with Crippen molar-refractivity contribution in [2.45, 2.75) is 31.9 Å². The largest absolute Gasteiger partial charge is 0.486 e. The van der Waals surface area contributed by atoms with Crippen molar-refractivity contribution in [3.05, 3.63) is 18.2 Å². The second kappa shape index (κ2) is 5.93. The van der Waals surface area contributed by atoms with Crippen molar-refractivity contribution < 1.29 is 19.3 Å². The van der Waals surface area contributed by atoms with Crippen LogP contribution in [0.1, 0.15) is 19.8 Å². The lowest BCUT2D eigenvalue weighted by atomic mass is 10.1. The zero-order valence-electron chi connectivity index (χ0n) is 10.5. The van der Waals surface area contributed by atoms with Crippen LogP contribution in [0.25, 0.3) is 0 Å². The molecular weight excluding hydrogens is 234 g/mol. The fourth-order valence-electron chi connectivity index (χ4n) is 1.90. The quantitative estimate of drug-likeness (QED) is 0.799. The maximum atomic E-state index is 9.32. The minimum Gasteiger partial charge on any atom is -0.486 e. The summed E-state index contributed by atoms with van der Waals surface area (Å²) in [6, 6.07) is 5.15. The van der Waals surface area contributed by atoms with Crippen molar-refractivity contribution in [1.82, 2.24) is 0 Å². The van der Waals surface area contributed by atoms with Gasteiger partial charge in [-0.25, -0.2) is 0 Å². The minimum absolute atomic E-state index is 0.102. The molecule has 5 nitrogen and oxygen atoms in total. The van der Waals surface area contributed by atoms with Crippen LogP contribution in [-0.4, -0.2) is 30.7 Å². The molecule has 2 atom stereocenters. The van der Waals surface area contributed by atoms with Gasteiger partial charge >= 0.3 is 0 Å². The summed E-state index contributed by atoms with van der Waals surface area (Å²) in [6.07, 6.45) is 1.38. The van der Waals surface area contributed by atoms with E-state index in [1.165, 1.54) is 0 Å². The average Bonchev–Trinajstić information content (AvgIpc) is 2.83. The monoisotopic (exact) mass is 253 g/mol. The standard InChI is InChI=1S/C13H19NO4/c1-2-3-10(14)13(7-15)18-9-4-5-11-12(6-9)17-8-16-11/h4-6,10,13,15H,2-3,7-8,14H2,1H3. The second-order valence-corrected chi connectivity index (χ2v) is 4.31. The highest BCUT2D eigenvalue weighted by Crippen LogP contribution is 2.35. The summed E-state index contributed by atoms with van der Waals surface area (Å²) >= 11 is 0. The van der Waals surface area contributed by atoms with Gasteiger partial charge in [-0.05, 0) is 18.6 Å². The van der Waals surface area contributed by atoms with Gasteiger partial charge in [0.15, 0.2) is 11.5 Å². The van der Waals surface area contributed by atoms with Crippen LogP contribution >= 0.6 is 0 Å². The van der Waals surface area contributed by atoms with Gasteiger partial charge in [-0.1, -0.05) is 13.3 Å². The van der Waals surface area contributed by atoms with Crippen molar-refractivity contribution in [3.8, 4) is 17.2 Å². The third kappa shape index (κ3) is 2.86. The van der Waals surface area contributed by atoms with E-state index in [0.29, 0.717) is 17.2 Å². The van der Waals surface area contributed by atoms with Crippen LogP contribution in [0.5, 0.6) is 17.2 Å². The molecule has 1 aromatic carbocycles. The predicted octanol–water partition coefficient (Wildman–Crippen LogP) is 1.28. The summed E-state index contributed by atoms with van der Waals surface area (Å²) in [4.78, 5) is 0. The molecule has 1 aromatic rings. The van der Waals surface area contributed by atoms with Gasteiger partial charge in [0.1, 0.15) is 11.9 Å². The van der Waals surface area contributed by atoms with Crippen LogP contribution in [0.4, 0.5) is 0 Å². The highest BCUT2D eigenvalue weighted by molar-refractivity contribution is 5.46. The first-order valence-corrected chi connectivity index (χ1v) is 6.17. The maximum absolute atomic E-state index is 9.32. The Labute approximate surface area is 106 Å². The van der Waals surface area contributed by atoms with Crippen molar-refractivity contribution >= 4 is 0 Å². The van der Waals surface area contributed by atoms with Gasteiger partial charge in [0, 0.05) is 12.1 Å². The smallest absolute Gasteiger partial charge is 0.231 e. The third-order valence-corrected chi connectivity index (χ3v) is 2.91. The van der Waals surface area contributed by atoms with E-state index in [2.05, 4.69) is 6.92 Å². The Morgan fingerprint density at radius 1 is 1.39 bits per heavy atom. The normalized spacial score (nSPS) is 16.4. The number of rotatable bonds is 6. The lowest BCUT2D eigenvalue weighted by molar-refractivity contribution is 0.0914. The number of hydrogen-bond acceptors (Lipinski definition) is 5. The Balaban J connectivity index is 2.03. The van der Waals surface area contributed by atoms with E-state index in [9.17, 15) is 5.11 Å². The molecule has 0 fully saturated rings. The van der Waals surface area contributed by atoms with Crippen LogP contribution in [0.2, 0.25) is 0 Å². The molecule has 1 aliphatic heterocycles. The number of hydrogen-bond donors (Lipinski definition) is 2. The molecule has 2 rings (SSSR count). The SMILES string of the molecule is CCCC(N)C(CO)Oc1ccc2c(c1)OCO2. The van der Waals surface area contributed by atoms with Gasteiger partial charge < -0.3 is 25.1 Å². The topological polar surface area (TPSA) is 73.9 Å². The number of ether oxygens (including phenoxy) is 3. The van der Waals surface area contributed by atoms with E-state index >= 15 is 0 Å². The van der Waals surface area contributed by atoms with Gasteiger partial charge in [0.2, 0.25) is 6.79 Å². The summed E-state index contributed by atoms with van der Waals surface area (Å²) in [6.45, 7) is 2.18. The summed E-state index contributed by atoms with van der Waals surface area (Å²) in [7, 11) is 0. The molecule has 2 unspecified atom stereocenters. The molecule has 0 aliphatic carbocycles. The Morgan fingerprint density at radius 3 is 2.89 bits per heavy atom. The molecular formula is C13H19NO4. The second-order valence-electron chi connectivity index (χ2n) is 4.31. The van der Waals surface area contributed by atoms with Crippen LogP contribution in [0.3, 0.4) is 0 Å². The predicted molar refractivity (Wildman–Crippen MR) is 67.0 cm³/mol. The molecule has 18 heavy (non-hydrogen) atoms. The first-order chi connectivity index (χ1) is 8.74. The maximum Gasteiger partial charge on any atom is 0.231 e. The van der Waals surface area contributed by atoms with Crippen molar-refractivity contribution in [2.24, 2.45) is 5.73 Å². The highest BCUT2D eigenvalue weighted by Gasteiger charge is 2.20. The Bertz CT molecular complexity index is 397. The van der Waals surface area contributed by atoms with Gasteiger partial charge in [-0.15, -0.1) is 0 Å². The molecule has 0 saturated carbocycles. The van der Waals surface area contributed by atoms with E-state index in [4.69, 9.17) is 19.9 Å². The van der Waals surface area contributed by atoms with E-state index in [1.807, 2.05) is 0 Å². The number of aliphatic hydroxyl groups excluding tert-OH is 1. The first kappa shape index (κ1) is 13.0. The van der Waals surface area contributed by atoms with Crippen molar-refractivity contribution in [1.29, 1.82) is 0 Å². The third-order valence-electron chi connectivity index (χ3n) is 2.91. The fourth-order valence-corrected chi connectivity index (χ4v) is 1.90.